The molecule has 0 saturated carbocycles. The maximum Gasteiger partial charge on any atom is 0.328 e. The van der Waals surface area contributed by atoms with Crippen molar-refractivity contribution in [3.63, 3.8) is 0 Å². The molecule has 0 aliphatic carbocycles. The molecular formula is C16H24N2O3. The Labute approximate surface area is 125 Å². The molecular weight excluding hydrogens is 268 g/mol. The highest BCUT2D eigenvalue weighted by Crippen LogP contribution is 2.23. The molecule has 0 spiro atoms. The van der Waals surface area contributed by atoms with Crippen molar-refractivity contribution >= 4 is 23.3 Å². The summed E-state index contributed by atoms with van der Waals surface area (Å²) in [4.78, 5) is 23.1. The Morgan fingerprint density at radius 2 is 1.52 bits per heavy atom. The average molecular weight is 292 g/mol. The van der Waals surface area contributed by atoms with E-state index in [4.69, 9.17) is 5.11 Å². The first kappa shape index (κ1) is 17.0. The second-order valence-corrected chi connectivity index (χ2v) is 6.32. The lowest BCUT2D eigenvalue weighted by Crippen LogP contribution is -2.39. The Morgan fingerprint density at radius 3 is 1.95 bits per heavy atom. The van der Waals surface area contributed by atoms with Crippen LogP contribution in [0.5, 0.6) is 0 Å². The van der Waals surface area contributed by atoms with Crippen LogP contribution in [0.2, 0.25) is 0 Å². The van der Waals surface area contributed by atoms with Crippen molar-refractivity contribution < 1.29 is 14.7 Å². The van der Waals surface area contributed by atoms with E-state index in [0.29, 0.717) is 11.4 Å². The molecule has 0 aromatic heterocycles. The standard InChI is InChI=1S/C16H24N2O3/c1-6-15(2,3)13(19)17-11-7-9-12(10-8-11)18-16(4,5)14(20)21/h7-10,18H,6H2,1-5H3,(H,17,19)(H,20,21). The second kappa shape index (κ2) is 6.16. The van der Waals surface area contributed by atoms with Gasteiger partial charge in [0.1, 0.15) is 5.54 Å². The van der Waals surface area contributed by atoms with Gasteiger partial charge < -0.3 is 15.7 Å². The van der Waals surface area contributed by atoms with Crippen molar-refractivity contribution in [2.75, 3.05) is 10.6 Å². The molecule has 5 nitrogen and oxygen atoms in total. The van der Waals surface area contributed by atoms with E-state index >= 15 is 0 Å². The fourth-order valence-corrected chi connectivity index (χ4v) is 1.51. The molecule has 0 aliphatic heterocycles. The van der Waals surface area contributed by atoms with E-state index in [-0.39, 0.29) is 5.91 Å². The van der Waals surface area contributed by atoms with E-state index in [9.17, 15) is 9.59 Å². The number of rotatable bonds is 6. The predicted octanol–water partition coefficient (Wildman–Crippen LogP) is 3.34. The molecule has 0 aliphatic rings. The molecule has 0 bridgehead atoms. The van der Waals surface area contributed by atoms with Crippen LogP contribution in [0.4, 0.5) is 11.4 Å². The minimum atomic E-state index is -1.05. The molecule has 1 rings (SSSR count). The number of anilines is 2. The monoisotopic (exact) mass is 292 g/mol. The van der Waals surface area contributed by atoms with Crippen molar-refractivity contribution in [2.24, 2.45) is 5.41 Å². The van der Waals surface area contributed by atoms with Gasteiger partial charge in [-0.3, -0.25) is 4.79 Å². The van der Waals surface area contributed by atoms with Gasteiger partial charge in [0, 0.05) is 16.8 Å². The SMILES string of the molecule is CCC(C)(C)C(=O)Nc1ccc(NC(C)(C)C(=O)O)cc1. The van der Waals surface area contributed by atoms with E-state index in [1.54, 1.807) is 38.1 Å². The number of carboxylic acid groups (broad SMARTS) is 1. The molecule has 1 aromatic carbocycles. The molecule has 116 valence electrons. The number of benzene rings is 1. The van der Waals surface area contributed by atoms with Gasteiger partial charge in [-0.1, -0.05) is 20.8 Å². The molecule has 0 heterocycles. The van der Waals surface area contributed by atoms with Gasteiger partial charge in [0.25, 0.3) is 0 Å². The van der Waals surface area contributed by atoms with E-state index in [1.807, 2.05) is 20.8 Å². The van der Waals surface area contributed by atoms with Crippen molar-refractivity contribution in [2.45, 2.75) is 46.6 Å². The number of carboxylic acids is 1. The molecule has 1 amide bonds. The van der Waals surface area contributed by atoms with Crippen LogP contribution in [0.25, 0.3) is 0 Å². The lowest BCUT2D eigenvalue weighted by atomic mass is 9.89. The van der Waals surface area contributed by atoms with Crippen LogP contribution in [0.1, 0.15) is 41.0 Å². The summed E-state index contributed by atoms with van der Waals surface area (Å²) in [5.74, 6) is -0.957. The molecule has 0 saturated heterocycles. The average Bonchev–Trinajstić information content (AvgIpc) is 2.40. The third kappa shape index (κ3) is 4.48. The van der Waals surface area contributed by atoms with Gasteiger partial charge in [-0.2, -0.15) is 0 Å². The summed E-state index contributed by atoms with van der Waals surface area (Å²) in [6, 6.07) is 7.01. The van der Waals surface area contributed by atoms with Gasteiger partial charge in [0.15, 0.2) is 0 Å². The van der Waals surface area contributed by atoms with Crippen LogP contribution in [0.15, 0.2) is 24.3 Å². The first-order valence-electron chi connectivity index (χ1n) is 7.01. The summed E-state index contributed by atoms with van der Waals surface area (Å²) < 4.78 is 0. The van der Waals surface area contributed by atoms with Gasteiger partial charge >= 0.3 is 5.97 Å². The van der Waals surface area contributed by atoms with Crippen molar-refractivity contribution in [1.29, 1.82) is 0 Å². The van der Waals surface area contributed by atoms with Crippen LogP contribution in [0.3, 0.4) is 0 Å². The third-order valence-electron chi connectivity index (χ3n) is 3.63. The quantitative estimate of drug-likeness (QED) is 0.751. The zero-order valence-electron chi connectivity index (χ0n) is 13.3. The molecule has 1 aromatic rings. The van der Waals surface area contributed by atoms with Gasteiger partial charge in [0.05, 0.1) is 0 Å². The molecule has 21 heavy (non-hydrogen) atoms. The van der Waals surface area contributed by atoms with Gasteiger partial charge in [-0.05, 0) is 44.5 Å². The predicted molar refractivity (Wildman–Crippen MR) is 84.5 cm³/mol. The summed E-state index contributed by atoms with van der Waals surface area (Å²) in [6.45, 7) is 8.95. The van der Waals surface area contributed by atoms with Crippen molar-refractivity contribution in [1.82, 2.24) is 0 Å². The summed E-state index contributed by atoms with van der Waals surface area (Å²) >= 11 is 0. The lowest BCUT2D eigenvalue weighted by molar-refractivity contribution is -0.141. The number of aliphatic carboxylic acids is 1. The highest BCUT2D eigenvalue weighted by atomic mass is 16.4. The molecule has 0 radical (unpaired) electrons. The number of carbonyl (C=O) groups is 2. The van der Waals surface area contributed by atoms with Crippen LogP contribution in [-0.4, -0.2) is 22.5 Å². The fraction of sp³-hybridized carbons (Fsp3) is 0.500. The summed E-state index contributed by atoms with van der Waals surface area (Å²) in [5.41, 5.74) is -0.0765. The summed E-state index contributed by atoms with van der Waals surface area (Å²) in [7, 11) is 0. The molecule has 0 unspecified atom stereocenters. The van der Waals surface area contributed by atoms with Gasteiger partial charge in [0.2, 0.25) is 5.91 Å². The highest BCUT2D eigenvalue weighted by molar-refractivity contribution is 5.94. The van der Waals surface area contributed by atoms with Crippen LogP contribution < -0.4 is 10.6 Å². The Kier molecular flexibility index (Phi) is 4.99. The van der Waals surface area contributed by atoms with Crippen LogP contribution in [0, 0.1) is 5.41 Å². The van der Waals surface area contributed by atoms with E-state index in [2.05, 4.69) is 10.6 Å². The second-order valence-electron chi connectivity index (χ2n) is 6.32. The maximum atomic E-state index is 12.1. The topological polar surface area (TPSA) is 78.4 Å². The molecule has 3 N–H and O–H groups in total. The minimum absolute atomic E-state index is 0.0309. The summed E-state index contributed by atoms with van der Waals surface area (Å²) in [5, 5.41) is 14.9. The lowest BCUT2D eigenvalue weighted by Gasteiger charge is -2.23. The number of hydrogen-bond acceptors (Lipinski definition) is 3. The number of carbonyl (C=O) groups excluding carboxylic acids is 1. The normalized spacial score (nSPS) is 11.9. The highest BCUT2D eigenvalue weighted by Gasteiger charge is 2.27. The molecule has 5 heteroatoms. The maximum absolute atomic E-state index is 12.1. The van der Waals surface area contributed by atoms with E-state index < -0.39 is 16.9 Å². The van der Waals surface area contributed by atoms with Crippen LogP contribution in [-0.2, 0) is 9.59 Å². The Morgan fingerprint density at radius 1 is 1.05 bits per heavy atom. The first-order chi connectivity index (χ1) is 9.58. The Hall–Kier alpha value is -2.04. The largest absolute Gasteiger partial charge is 0.480 e. The van der Waals surface area contributed by atoms with Crippen LogP contribution >= 0.6 is 0 Å². The fourth-order valence-electron chi connectivity index (χ4n) is 1.51. The number of nitrogens with one attached hydrogen (secondary N) is 2. The first-order valence-corrected chi connectivity index (χ1v) is 7.01. The van der Waals surface area contributed by atoms with Crippen molar-refractivity contribution in [3.8, 4) is 0 Å². The van der Waals surface area contributed by atoms with Gasteiger partial charge in [-0.15, -0.1) is 0 Å². The number of hydrogen-bond donors (Lipinski definition) is 3. The summed E-state index contributed by atoms with van der Waals surface area (Å²) in [6.07, 6.45) is 0.755. The smallest absolute Gasteiger partial charge is 0.328 e. The third-order valence-corrected chi connectivity index (χ3v) is 3.63. The van der Waals surface area contributed by atoms with Gasteiger partial charge in [-0.25, -0.2) is 4.79 Å². The Bertz CT molecular complexity index is 519. The zero-order valence-corrected chi connectivity index (χ0v) is 13.3. The van der Waals surface area contributed by atoms with E-state index in [1.165, 1.54) is 0 Å². The zero-order chi connectivity index (χ0) is 16.3. The number of amides is 1. The van der Waals surface area contributed by atoms with E-state index in [0.717, 1.165) is 6.42 Å². The Balaban J connectivity index is 2.76. The van der Waals surface area contributed by atoms with Crippen molar-refractivity contribution in [3.05, 3.63) is 24.3 Å². The molecule has 0 fully saturated rings. The minimum Gasteiger partial charge on any atom is -0.480 e. The molecule has 0 atom stereocenters.